The summed E-state index contributed by atoms with van der Waals surface area (Å²) in [6.45, 7) is 6.77. The maximum absolute atomic E-state index is 10.3. The van der Waals surface area contributed by atoms with Crippen molar-refractivity contribution in [2.24, 2.45) is 5.41 Å². The third-order valence-electron chi connectivity index (χ3n) is 2.64. The van der Waals surface area contributed by atoms with Gasteiger partial charge in [0.1, 0.15) is 0 Å². The molecular formula is C10H19NO3. The molecule has 1 saturated heterocycles. The number of hydrogen-bond acceptors (Lipinski definition) is 3. The highest BCUT2D eigenvalue weighted by atomic mass is 16.4. The van der Waals surface area contributed by atoms with Crippen molar-refractivity contribution >= 4 is 5.97 Å². The fraction of sp³-hybridized carbons (Fsp3) is 0.900. The molecule has 1 fully saturated rings. The number of aliphatic carboxylic acids is 1. The third-order valence-corrected chi connectivity index (χ3v) is 2.64. The Kier molecular flexibility index (Phi) is 3.50. The van der Waals surface area contributed by atoms with Crippen LogP contribution in [0.5, 0.6) is 0 Å². The minimum Gasteiger partial charge on any atom is -0.481 e. The van der Waals surface area contributed by atoms with Gasteiger partial charge in [0.25, 0.3) is 0 Å². The van der Waals surface area contributed by atoms with Crippen molar-refractivity contribution in [1.29, 1.82) is 0 Å². The molecule has 1 rings (SSSR count). The summed E-state index contributed by atoms with van der Waals surface area (Å²) in [4.78, 5) is 12.5. The smallest absolute Gasteiger partial charge is 0.306 e. The van der Waals surface area contributed by atoms with Crippen LogP contribution in [0, 0.1) is 5.41 Å². The second kappa shape index (κ2) is 4.28. The number of carbonyl (C=O) groups is 1. The van der Waals surface area contributed by atoms with Crippen LogP contribution in [0.1, 0.15) is 26.7 Å². The van der Waals surface area contributed by atoms with Gasteiger partial charge in [-0.2, -0.15) is 0 Å². The van der Waals surface area contributed by atoms with Crippen LogP contribution in [0.15, 0.2) is 0 Å². The van der Waals surface area contributed by atoms with Crippen molar-refractivity contribution in [2.75, 3.05) is 19.6 Å². The van der Waals surface area contributed by atoms with E-state index in [9.17, 15) is 9.90 Å². The van der Waals surface area contributed by atoms with E-state index in [0.29, 0.717) is 12.0 Å². The molecule has 0 aliphatic carbocycles. The van der Waals surface area contributed by atoms with Gasteiger partial charge in [0, 0.05) is 13.1 Å². The average molecular weight is 201 g/mol. The molecule has 1 atom stereocenters. The first-order valence-corrected chi connectivity index (χ1v) is 5.01. The first kappa shape index (κ1) is 11.5. The van der Waals surface area contributed by atoms with E-state index in [-0.39, 0.29) is 6.42 Å². The van der Waals surface area contributed by atoms with Crippen LogP contribution >= 0.6 is 0 Å². The monoisotopic (exact) mass is 201 g/mol. The lowest BCUT2D eigenvalue weighted by Crippen LogP contribution is -2.33. The van der Waals surface area contributed by atoms with Gasteiger partial charge in [-0.25, -0.2) is 0 Å². The first-order valence-electron chi connectivity index (χ1n) is 5.01. The summed E-state index contributed by atoms with van der Waals surface area (Å²) >= 11 is 0. The van der Waals surface area contributed by atoms with Crippen LogP contribution in [0.2, 0.25) is 0 Å². The predicted octanol–water partition coefficient (Wildman–Crippen LogP) is 0.554. The molecule has 0 spiro atoms. The normalized spacial score (nSPS) is 23.6. The molecule has 0 saturated carbocycles. The fourth-order valence-corrected chi connectivity index (χ4v) is 1.94. The van der Waals surface area contributed by atoms with Gasteiger partial charge < -0.3 is 15.1 Å². The summed E-state index contributed by atoms with van der Waals surface area (Å²) < 4.78 is 0. The molecule has 1 aliphatic rings. The van der Waals surface area contributed by atoms with Gasteiger partial charge in [-0.15, -0.1) is 0 Å². The fourth-order valence-electron chi connectivity index (χ4n) is 1.94. The summed E-state index contributed by atoms with van der Waals surface area (Å²) in [5.41, 5.74) is 0.308. The second-order valence-electron chi connectivity index (χ2n) is 4.90. The van der Waals surface area contributed by atoms with Gasteiger partial charge >= 0.3 is 5.97 Å². The Morgan fingerprint density at radius 3 is 2.64 bits per heavy atom. The molecule has 1 heterocycles. The molecule has 2 N–H and O–H groups in total. The van der Waals surface area contributed by atoms with Crippen molar-refractivity contribution in [1.82, 2.24) is 4.90 Å². The number of carboxylic acids is 1. The van der Waals surface area contributed by atoms with Gasteiger partial charge in [0.15, 0.2) is 0 Å². The largest absolute Gasteiger partial charge is 0.481 e. The van der Waals surface area contributed by atoms with E-state index >= 15 is 0 Å². The van der Waals surface area contributed by atoms with Gasteiger partial charge in [0.05, 0.1) is 12.5 Å². The van der Waals surface area contributed by atoms with Crippen molar-refractivity contribution in [2.45, 2.75) is 32.8 Å². The van der Waals surface area contributed by atoms with Crippen LogP contribution in [-0.4, -0.2) is 46.8 Å². The maximum Gasteiger partial charge on any atom is 0.306 e. The van der Waals surface area contributed by atoms with Crippen LogP contribution in [0.3, 0.4) is 0 Å². The molecule has 4 heteroatoms. The quantitative estimate of drug-likeness (QED) is 0.697. The summed E-state index contributed by atoms with van der Waals surface area (Å²) in [7, 11) is 0. The lowest BCUT2D eigenvalue weighted by atomic mass is 9.93. The van der Waals surface area contributed by atoms with Crippen molar-refractivity contribution in [3.8, 4) is 0 Å². The molecule has 0 aromatic carbocycles. The highest BCUT2D eigenvalue weighted by Crippen LogP contribution is 2.28. The maximum atomic E-state index is 10.3. The van der Waals surface area contributed by atoms with Crippen LogP contribution in [0.4, 0.5) is 0 Å². The summed E-state index contributed by atoms with van der Waals surface area (Å²) in [5.74, 6) is -0.934. The second-order valence-corrected chi connectivity index (χ2v) is 4.90. The Labute approximate surface area is 84.5 Å². The molecule has 0 radical (unpaired) electrons. The van der Waals surface area contributed by atoms with Crippen LogP contribution in [0.25, 0.3) is 0 Å². The standard InChI is InChI=1S/C10H19NO3/c1-10(2)3-4-11(7-10)6-8(12)5-9(13)14/h8,12H,3-7H2,1-2H3,(H,13,14). The number of aliphatic hydroxyl groups excluding tert-OH is 1. The van der Waals surface area contributed by atoms with E-state index in [2.05, 4.69) is 18.7 Å². The summed E-state index contributed by atoms with van der Waals surface area (Å²) in [6.07, 6.45) is 0.227. The molecule has 1 unspecified atom stereocenters. The SMILES string of the molecule is CC1(C)CCN(CC(O)CC(=O)O)C1. The zero-order valence-corrected chi connectivity index (χ0v) is 8.86. The Morgan fingerprint density at radius 1 is 1.57 bits per heavy atom. The topological polar surface area (TPSA) is 60.8 Å². The summed E-state index contributed by atoms with van der Waals surface area (Å²) in [6, 6.07) is 0. The molecule has 4 nitrogen and oxygen atoms in total. The minimum absolute atomic E-state index is 0.156. The lowest BCUT2D eigenvalue weighted by molar-refractivity contribution is -0.139. The number of rotatable bonds is 4. The Hall–Kier alpha value is -0.610. The zero-order valence-electron chi connectivity index (χ0n) is 8.86. The van der Waals surface area contributed by atoms with E-state index in [1.54, 1.807) is 0 Å². The highest BCUT2D eigenvalue weighted by Gasteiger charge is 2.30. The molecular weight excluding hydrogens is 182 g/mol. The molecule has 14 heavy (non-hydrogen) atoms. The minimum atomic E-state index is -0.934. The number of β-amino-alcohol motifs (C(OH)–C–C–N with tert-alkyl or cyclic N) is 1. The highest BCUT2D eigenvalue weighted by molar-refractivity contribution is 5.67. The molecule has 82 valence electrons. The molecule has 0 bridgehead atoms. The lowest BCUT2D eigenvalue weighted by Gasteiger charge is -2.21. The van der Waals surface area contributed by atoms with E-state index in [0.717, 1.165) is 19.5 Å². The van der Waals surface area contributed by atoms with E-state index in [4.69, 9.17) is 5.11 Å². The van der Waals surface area contributed by atoms with Gasteiger partial charge in [-0.1, -0.05) is 13.8 Å². The number of nitrogens with zero attached hydrogens (tertiary/aromatic N) is 1. The third kappa shape index (κ3) is 3.64. The molecule has 0 amide bonds. The van der Waals surface area contributed by atoms with E-state index < -0.39 is 12.1 Å². The number of carboxylic acid groups (broad SMARTS) is 1. The van der Waals surface area contributed by atoms with Gasteiger partial charge in [-0.3, -0.25) is 4.79 Å². The van der Waals surface area contributed by atoms with Crippen LogP contribution < -0.4 is 0 Å². The van der Waals surface area contributed by atoms with Crippen LogP contribution in [-0.2, 0) is 4.79 Å². The molecule has 0 aromatic heterocycles. The molecule has 1 aliphatic heterocycles. The molecule has 0 aromatic rings. The van der Waals surface area contributed by atoms with Crippen molar-refractivity contribution in [3.05, 3.63) is 0 Å². The zero-order chi connectivity index (χ0) is 10.8. The van der Waals surface area contributed by atoms with Crippen molar-refractivity contribution < 1.29 is 15.0 Å². The van der Waals surface area contributed by atoms with Gasteiger partial charge in [-0.05, 0) is 18.4 Å². The predicted molar refractivity (Wildman–Crippen MR) is 53.1 cm³/mol. The first-order chi connectivity index (χ1) is 6.39. The summed E-state index contributed by atoms with van der Waals surface area (Å²) in [5, 5.41) is 17.9. The Balaban J connectivity index is 2.29. The number of likely N-dealkylation sites (tertiary alicyclic amines) is 1. The average Bonchev–Trinajstić information content (AvgIpc) is 2.27. The Morgan fingerprint density at radius 2 is 2.21 bits per heavy atom. The Bertz CT molecular complexity index is 215. The van der Waals surface area contributed by atoms with Crippen molar-refractivity contribution in [3.63, 3.8) is 0 Å². The van der Waals surface area contributed by atoms with E-state index in [1.807, 2.05) is 0 Å². The number of aliphatic hydroxyl groups is 1. The number of hydrogen-bond donors (Lipinski definition) is 2. The van der Waals surface area contributed by atoms with Gasteiger partial charge in [0.2, 0.25) is 0 Å². The van der Waals surface area contributed by atoms with E-state index in [1.165, 1.54) is 0 Å².